The lowest BCUT2D eigenvalue weighted by Gasteiger charge is -2.25. The normalized spacial score (nSPS) is 14.9. The van der Waals surface area contributed by atoms with Crippen LogP contribution < -0.4 is 5.14 Å². The number of halogens is 3. The summed E-state index contributed by atoms with van der Waals surface area (Å²) in [6.45, 7) is 3.25. The van der Waals surface area contributed by atoms with Gasteiger partial charge in [0.1, 0.15) is 5.82 Å². The van der Waals surface area contributed by atoms with E-state index >= 15 is 0 Å². The minimum atomic E-state index is -2.91. The Morgan fingerprint density at radius 2 is 1.95 bits per heavy atom. The standard InChI is InChI=1S/C14H16F3NOS/c1-4-9(8-14(2,3)20(18)19)10-6-5-7-11(12(10)15)13(16)17/h1,5-7,9,13H,8,18H2,2-3H3/t9-,20?/m0/s1. The van der Waals surface area contributed by atoms with E-state index < -0.39 is 39.5 Å². The van der Waals surface area contributed by atoms with Gasteiger partial charge in [0, 0.05) is 11.5 Å². The van der Waals surface area contributed by atoms with E-state index in [0.717, 1.165) is 6.07 Å². The van der Waals surface area contributed by atoms with E-state index in [-0.39, 0.29) is 12.0 Å². The molecule has 0 spiro atoms. The first-order chi connectivity index (χ1) is 9.20. The molecule has 0 aliphatic rings. The van der Waals surface area contributed by atoms with E-state index in [9.17, 15) is 17.4 Å². The predicted octanol–water partition coefficient (Wildman–Crippen LogP) is 3.27. The summed E-state index contributed by atoms with van der Waals surface area (Å²) in [4.78, 5) is 0. The van der Waals surface area contributed by atoms with Crippen molar-refractivity contribution in [3.05, 3.63) is 35.1 Å². The summed E-state index contributed by atoms with van der Waals surface area (Å²) >= 11 is 0. The van der Waals surface area contributed by atoms with Crippen LogP contribution in [0.4, 0.5) is 13.2 Å². The molecule has 0 fully saturated rings. The lowest BCUT2D eigenvalue weighted by molar-refractivity contribution is 0.146. The van der Waals surface area contributed by atoms with Gasteiger partial charge in [-0.1, -0.05) is 24.1 Å². The van der Waals surface area contributed by atoms with Gasteiger partial charge >= 0.3 is 0 Å². The van der Waals surface area contributed by atoms with Crippen LogP contribution in [0.2, 0.25) is 0 Å². The van der Waals surface area contributed by atoms with Crippen molar-refractivity contribution in [1.82, 2.24) is 0 Å². The summed E-state index contributed by atoms with van der Waals surface area (Å²) in [5.74, 6) is 0.584. The molecule has 0 saturated heterocycles. The Balaban J connectivity index is 3.18. The highest BCUT2D eigenvalue weighted by atomic mass is 32.2. The van der Waals surface area contributed by atoms with Crippen LogP contribution in [0.5, 0.6) is 0 Å². The third kappa shape index (κ3) is 3.62. The van der Waals surface area contributed by atoms with Gasteiger partial charge in [0.25, 0.3) is 6.43 Å². The van der Waals surface area contributed by atoms with Crippen LogP contribution in [-0.2, 0) is 11.0 Å². The lowest BCUT2D eigenvalue weighted by Crippen LogP contribution is -2.33. The SMILES string of the molecule is C#C[C@@H](CC(C)(C)S(N)=O)c1cccc(C(F)F)c1F. The van der Waals surface area contributed by atoms with Crippen molar-refractivity contribution in [2.45, 2.75) is 37.4 Å². The highest BCUT2D eigenvalue weighted by Crippen LogP contribution is 2.33. The molecule has 110 valence electrons. The van der Waals surface area contributed by atoms with E-state index in [4.69, 9.17) is 11.6 Å². The zero-order valence-corrected chi connectivity index (χ0v) is 12.0. The Morgan fingerprint density at radius 3 is 2.40 bits per heavy atom. The van der Waals surface area contributed by atoms with Gasteiger partial charge < -0.3 is 0 Å². The Hall–Kier alpha value is -1.32. The summed E-state index contributed by atoms with van der Waals surface area (Å²) in [5, 5.41) is 5.36. The maximum Gasteiger partial charge on any atom is 0.266 e. The van der Waals surface area contributed by atoms with Gasteiger partial charge in [0.2, 0.25) is 0 Å². The molecule has 2 N–H and O–H groups in total. The molecule has 1 aromatic rings. The van der Waals surface area contributed by atoms with Gasteiger partial charge in [-0.2, -0.15) is 0 Å². The number of rotatable bonds is 5. The number of hydrogen-bond acceptors (Lipinski definition) is 1. The minimum absolute atomic E-state index is 0.00354. The van der Waals surface area contributed by atoms with Crippen molar-refractivity contribution in [3.63, 3.8) is 0 Å². The lowest BCUT2D eigenvalue weighted by atomic mass is 9.89. The molecule has 20 heavy (non-hydrogen) atoms. The molecule has 0 aliphatic carbocycles. The molecule has 2 nitrogen and oxygen atoms in total. The minimum Gasteiger partial charge on any atom is -0.251 e. The van der Waals surface area contributed by atoms with E-state index in [1.165, 1.54) is 12.1 Å². The van der Waals surface area contributed by atoms with Crippen molar-refractivity contribution < 1.29 is 17.4 Å². The summed E-state index contributed by atoms with van der Waals surface area (Å²) < 4.78 is 50.0. The summed E-state index contributed by atoms with van der Waals surface area (Å²) in [5.41, 5.74) is -0.682. The number of hydrogen-bond donors (Lipinski definition) is 1. The number of nitrogens with two attached hydrogens (primary N) is 1. The number of alkyl halides is 2. The smallest absolute Gasteiger partial charge is 0.251 e. The Morgan fingerprint density at radius 1 is 1.40 bits per heavy atom. The number of benzene rings is 1. The summed E-state index contributed by atoms with van der Waals surface area (Å²) in [6.07, 6.45) is 2.59. The predicted molar refractivity (Wildman–Crippen MR) is 74.0 cm³/mol. The molecule has 1 rings (SSSR count). The monoisotopic (exact) mass is 303 g/mol. The van der Waals surface area contributed by atoms with E-state index in [1.54, 1.807) is 13.8 Å². The van der Waals surface area contributed by atoms with Crippen molar-refractivity contribution in [2.24, 2.45) is 5.14 Å². The molecule has 0 amide bonds. The Labute approximate surface area is 119 Å². The van der Waals surface area contributed by atoms with E-state index in [0.29, 0.717) is 0 Å². The third-order valence-corrected chi connectivity index (χ3v) is 4.37. The fourth-order valence-corrected chi connectivity index (χ4v) is 2.17. The van der Waals surface area contributed by atoms with Gasteiger partial charge in [0.15, 0.2) is 0 Å². The summed E-state index contributed by atoms with van der Waals surface area (Å²) in [7, 11) is -1.66. The maximum absolute atomic E-state index is 14.1. The van der Waals surface area contributed by atoms with Crippen LogP contribution in [-0.4, -0.2) is 8.96 Å². The van der Waals surface area contributed by atoms with Gasteiger partial charge in [-0.15, -0.1) is 6.42 Å². The first-order valence-electron chi connectivity index (χ1n) is 5.89. The Kier molecular flexibility index (Phi) is 5.37. The quantitative estimate of drug-likeness (QED) is 0.834. The zero-order chi connectivity index (χ0) is 15.5. The summed E-state index contributed by atoms with van der Waals surface area (Å²) in [6, 6.07) is 3.71. The molecule has 1 aromatic carbocycles. The van der Waals surface area contributed by atoms with Crippen LogP contribution in [0.25, 0.3) is 0 Å². The highest BCUT2D eigenvalue weighted by molar-refractivity contribution is 7.84. The van der Waals surface area contributed by atoms with Crippen LogP contribution >= 0.6 is 0 Å². The van der Waals surface area contributed by atoms with E-state index in [2.05, 4.69) is 5.92 Å². The molecule has 0 aliphatic heterocycles. The maximum atomic E-state index is 14.1. The van der Waals surface area contributed by atoms with Gasteiger partial charge in [0.05, 0.1) is 21.3 Å². The molecule has 0 bridgehead atoms. The molecule has 0 radical (unpaired) electrons. The molecule has 0 heterocycles. The molecule has 2 atom stereocenters. The molecule has 1 unspecified atom stereocenters. The van der Waals surface area contributed by atoms with Crippen LogP contribution in [0, 0.1) is 18.2 Å². The number of terminal acetylenes is 1. The average Bonchev–Trinajstić information content (AvgIpc) is 2.36. The second-order valence-corrected chi connectivity index (χ2v) is 6.73. The van der Waals surface area contributed by atoms with Crippen LogP contribution in [0.3, 0.4) is 0 Å². The van der Waals surface area contributed by atoms with Crippen molar-refractivity contribution in [2.75, 3.05) is 0 Å². The molecule has 0 aromatic heterocycles. The van der Waals surface area contributed by atoms with Crippen molar-refractivity contribution in [1.29, 1.82) is 0 Å². The average molecular weight is 303 g/mol. The zero-order valence-electron chi connectivity index (χ0n) is 11.2. The van der Waals surface area contributed by atoms with Crippen molar-refractivity contribution in [3.8, 4) is 12.3 Å². The van der Waals surface area contributed by atoms with Gasteiger partial charge in [-0.25, -0.2) is 17.4 Å². The fourth-order valence-electron chi connectivity index (χ4n) is 1.84. The highest BCUT2D eigenvalue weighted by Gasteiger charge is 2.30. The molecular weight excluding hydrogens is 287 g/mol. The first-order valence-corrected chi connectivity index (χ1v) is 7.11. The van der Waals surface area contributed by atoms with Crippen LogP contribution in [0.1, 0.15) is 43.7 Å². The molecule has 6 heteroatoms. The van der Waals surface area contributed by atoms with Gasteiger partial charge in [-0.05, 0) is 20.3 Å². The topological polar surface area (TPSA) is 43.1 Å². The third-order valence-electron chi connectivity index (χ3n) is 3.11. The van der Waals surface area contributed by atoms with Crippen molar-refractivity contribution >= 4 is 11.0 Å². The largest absolute Gasteiger partial charge is 0.266 e. The van der Waals surface area contributed by atoms with Crippen LogP contribution in [0.15, 0.2) is 18.2 Å². The first kappa shape index (κ1) is 16.7. The Bertz CT molecular complexity index is 552. The second kappa shape index (κ2) is 6.42. The molecule has 0 saturated carbocycles. The van der Waals surface area contributed by atoms with Gasteiger partial charge in [-0.3, -0.25) is 5.14 Å². The second-order valence-electron chi connectivity index (χ2n) is 5.03. The molecular formula is C14H16F3NOS. The fraction of sp³-hybridized carbons (Fsp3) is 0.429. The van der Waals surface area contributed by atoms with E-state index in [1.807, 2.05) is 0 Å².